The minimum atomic E-state index is 0.147. The maximum Gasteiger partial charge on any atom is 0.110 e. The molecule has 0 aliphatic carbocycles. The molecule has 2 N–H and O–H groups in total. The van der Waals surface area contributed by atoms with Crippen LogP contribution in [-0.4, -0.2) is 28.0 Å². The van der Waals surface area contributed by atoms with Crippen molar-refractivity contribution in [2.75, 3.05) is 13.6 Å². The lowest BCUT2D eigenvalue weighted by atomic mass is 10.0. The van der Waals surface area contributed by atoms with Gasteiger partial charge in [0.25, 0.3) is 0 Å². The molecule has 0 radical (unpaired) electrons. The summed E-state index contributed by atoms with van der Waals surface area (Å²) in [6.07, 6.45) is 9.58. The van der Waals surface area contributed by atoms with Crippen molar-refractivity contribution >= 4 is 0 Å². The third kappa shape index (κ3) is 2.00. The van der Waals surface area contributed by atoms with E-state index in [1.165, 1.54) is 43.7 Å². The van der Waals surface area contributed by atoms with E-state index in [1.807, 2.05) is 0 Å². The zero-order chi connectivity index (χ0) is 11.8. The van der Waals surface area contributed by atoms with Gasteiger partial charge < -0.3 is 10.3 Å². The molecule has 0 spiro atoms. The maximum atomic E-state index is 6.13. The fourth-order valence-corrected chi connectivity index (χ4v) is 3.14. The van der Waals surface area contributed by atoms with Crippen molar-refractivity contribution in [3.8, 4) is 0 Å². The van der Waals surface area contributed by atoms with Gasteiger partial charge >= 0.3 is 0 Å². The second-order valence-electron chi connectivity index (χ2n) is 5.44. The first-order valence-corrected chi connectivity index (χ1v) is 6.79. The normalized spacial score (nSPS) is 30.2. The quantitative estimate of drug-likeness (QED) is 0.806. The summed E-state index contributed by atoms with van der Waals surface area (Å²) in [6.45, 7) is 1.19. The monoisotopic (exact) mass is 234 g/mol. The number of piperidine rings is 1. The molecule has 2 atom stereocenters. The van der Waals surface area contributed by atoms with Crippen LogP contribution in [0.1, 0.15) is 55.8 Å². The number of nitrogens with zero attached hydrogens (tertiary/aromatic N) is 3. The highest BCUT2D eigenvalue weighted by Gasteiger charge is 2.26. The molecule has 3 rings (SSSR count). The molecule has 1 fully saturated rings. The summed E-state index contributed by atoms with van der Waals surface area (Å²) >= 11 is 0. The fraction of sp³-hybridized carbons (Fsp3) is 0.769. The van der Waals surface area contributed by atoms with Crippen LogP contribution in [0.25, 0.3) is 0 Å². The molecule has 17 heavy (non-hydrogen) atoms. The van der Waals surface area contributed by atoms with Crippen LogP contribution in [0, 0.1) is 0 Å². The predicted molar refractivity (Wildman–Crippen MR) is 67.6 cm³/mol. The third-order valence-corrected chi connectivity index (χ3v) is 4.20. The van der Waals surface area contributed by atoms with Gasteiger partial charge in [0.05, 0.1) is 17.9 Å². The highest BCUT2D eigenvalue weighted by Crippen LogP contribution is 2.31. The number of imidazole rings is 1. The van der Waals surface area contributed by atoms with E-state index < -0.39 is 0 Å². The molecular formula is C13H22N4. The number of likely N-dealkylation sites (tertiary alicyclic amines) is 1. The van der Waals surface area contributed by atoms with Crippen molar-refractivity contribution < 1.29 is 0 Å². The summed E-state index contributed by atoms with van der Waals surface area (Å²) in [5.74, 6) is 1.19. The molecule has 0 bridgehead atoms. The van der Waals surface area contributed by atoms with Crippen LogP contribution < -0.4 is 5.73 Å². The zero-order valence-electron chi connectivity index (χ0n) is 10.6. The van der Waals surface area contributed by atoms with Gasteiger partial charge in [-0.1, -0.05) is 6.42 Å². The Kier molecular flexibility index (Phi) is 2.92. The largest absolute Gasteiger partial charge is 0.319 e. The summed E-state index contributed by atoms with van der Waals surface area (Å²) in [5, 5.41) is 0. The third-order valence-electron chi connectivity index (χ3n) is 4.20. The van der Waals surface area contributed by atoms with Crippen molar-refractivity contribution in [2.24, 2.45) is 5.73 Å². The van der Waals surface area contributed by atoms with Crippen LogP contribution in [0.15, 0.2) is 6.20 Å². The van der Waals surface area contributed by atoms with Crippen molar-refractivity contribution in [3.63, 3.8) is 0 Å². The topological polar surface area (TPSA) is 47.1 Å². The second-order valence-corrected chi connectivity index (χ2v) is 5.44. The summed E-state index contributed by atoms with van der Waals surface area (Å²) in [4.78, 5) is 7.25. The molecule has 0 aromatic carbocycles. The molecule has 2 unspecified atom stereocenters. The van der Waals surface area contributed by atoms with Gasteiger partial charge in [0.1, 0.15) is 5.82 Å². The van der Waals surface area contributed by atoms with E-state index in [1.54, 1.807) is 0 Å². The molecule has 4 nitrogen and oxygen atoms in total. The number of nitrogens with two attached hydrogens (primary N) is 1. The molecule has 0 amide bonds. The van der Waals surface area contributed by atoms with Crippen molar-refractivity contribution in [1.82, 2.24) is 14.5 Å². The van der Waals surface area contributed by atoms with Gasteiger partial charge in [-0.05, 0) is 39.3 Å². The summed E-state index contributed by atoms with van der Waals surface area (Å²) in [6, 6.07) is 0.508. The lowest BCUT2D eigenvalue weighted by Gasteiger charge is -2.31. The van der Waals surface area contributed by atoms with Gasteiger partial charge in [-0.3, -0.25) is 4.90 Å². The van der Waals surface area contributed by atoms with E-state index >= 15 is 0 Å². The molecular weight excluding hydrogens is 212 g/mol. The van der Waals surface area contributed by atoms with E-state index in [2.05, 4.69) is 22.7 Å². The predicted octanol–water partition coefficient (Wildman–Crippen LogP) is 1.83. The van der Waals surface area contributed by atoms with Crippen LogP contribution >= 0.6 is 0 Å². The molecule has 2 aliphatic rings. The molecule has 0 saturated carbocycles. The summed E-state index contributed by atoms with van der Waals surface area (Å²) < 4.78 is 2.20. The number of fused-ring (bicyclic) bond motifs is 1. The van der Waals surface area contributed by atoms with Gasteiger partial charge in [0.2, 0.25) is 0 Å². The van der Waals surface area contributed by atoms with Crippen molar-refractivity contribution in [3.05, 3.63) is 17.7 Å². The number of hydrogen-bond acceptors (Lipinski definition) is 3. The van der Waals surface area contributed by atoms with E-state index in [4.69, 9.17) is 10.7 Å². The maximum absolute atomic E-state index is 6.13. The second kappa shape index (κ2) is 4.42. The van der Waals surface area contributed by atoms with E-state index in [0.29, 0.717) is 6.04 Å². The first kappa shape index (κ1) is 11.2. The molecule has 1 saturated heterocycles. The van der Waals surface area contributed by atoms with Crippen LogP contribution in [0.4, 0.5) is 0 Å². The SMILES string of the molecule is CN1CCCCC1c1cn2c(n1)CCCC2N. The van der Waals surface area contributed by atoms with Crippen LogP contribution in [0.5, 0.6) is 0 Å². The Morgan fingerprint density at radius 1 is 1.29 bits per heavy atom. The summed E-state index contributed by atoms with van der Waals surface area (Å²) in [7, 11) is 2.21. The van der Waals surface area contributed by atoms with Crippen LogP contribution in [-0.2, 0) is 6.42 Å². The lowest BCUT2D eigenvalue weighted by molar-refractivity contribution is 0.184. The smallest absolute Gasteiger partial charge is 0.110 e. The van der Waals surface area contributed by atoms with E-state index in [0.717, 1.165) is 12.8 Å². The van der Waals surface area contributed by atoms with Crippen LogP contribution in [0.3, 0.4) is 0 Å². The summed E-state index contributed by atoms with van der Waals surface area (Å²) in [5.41, 5.74) is 7.37. The fourth-order valence-electron chi connectivity index (χ4n) is 3.14. The first-order valence-electron chi connectivity index (χ1n) is 6.79. The van der Waals surface area contributed by atoms with Gasteiger partial charge in [-0.15, -0.1) is 0 Å². The average Bonchev–Trinajstić information content (AvgIpc) is 2.75. The highest BCUT2D eigenvalue weighted by molar-refractivity contribution is 5.12. The Morgan fingerprint density at radius 3 is 2.94 bits per heavy atom. The number of aryl methyl sites for hydroxylation is 1. The molecule has 4 heteroatoms. The van der Waals surface area contributed by atoms with Crippen molar-refractivity contribution in [1.29, 1.82) is 0 Å². The van der Waals surface area contributed by atoms with Gasteiger partial charge in [0, 0.05) is 12.6 Å². The molecule has 1 aromatic heterocycles. The van der Waals surface area contributed by atoms with Gasteiger partial charge in [0.15, 0.2) is 0 Å². The molecule has 2 aliphatic heterocycles. The van der Waals surface area contributed by atoms with E-state index in [-0.39, 0.29) is 6.17 Å². The Balaban J connectivity index is 1.88. The Morgan fingerprint density at radius 2 is 2.18 bits per heavy atom. The average molecular weight is 234 g/mol. The zero-order valence-corrected chi connectivity index (χ0v) is 10.6. The Labute approximate surface area is 103 Å². The Hall–Kier alpha value is -0.870. The van der Waals surface area contributed by atoms with Gasteiger partial charge in [-0.25, -0.2) is 4.98 Å². The molecule has 94 valence electrons. The standard InChI is InChI=1S/C13H22N4/c1-16-8-3-2-5-11(16)10-9-17-12(14)6-4-7-13(17)15-10/h9,11-12H,2-8,14H2,1H3. The number of hydrogen-bond donors (Lipinski definition) is 1. The number of rotatable bonds is 1. The van der Waals surface area contributed by atoms with E-state index in [9.17, 15) is 0 Å². The highest BCUT2D eigenvalue weighted by atomic mass is 15.2. The Bertz CT molecular complexity index is 398. The van der Waals surface area contributed by atoms with Gasteiger partial charge in [-0.2, -0.15) is 0 Å². The number of aromatic nitrogens is 2. The van der Waals surface area contributed by atoms with Crippen molar-refractivity contribution in [2.45, 2.75) is 50.7 Å². The molecule has 3 heterocycles. The minimum Gasteiger partial charge on any atom is -0.319 e. The first-order chi connectivity index (χ1) is 8.25. The van der Waals surface area contributed by atoms with Crippen LogP contribution in [0.2, 0.25) is 0 Å². The minimum absolute atomic E-state index is 0.147. The lowest BCUT2D eigenvalue weighted by Crippen LogP contribution is -2.29. The molecule has 1 aromatic rings.